The number of unbranched alkanes of at least 4 members (excludes halogenated alkanes) is 1. The van der Waals surface area contributed by atoms with Gasteiger partial charge in [-0.3, -0.25) is 0 Å². The highest BCUT2D eigenvalue weighted by molar-refractivity contribution is 6.08. The van der Waals surface area contributed by atoms with Gasteiger partial charge in [-0.25, -0.2) is 8.78 Å². The van der Waals surface area contributed by atoms with Crippen LogP contribution in [0.15, 0.2) is 66.7 Å². The van der Waals surface area contributed by atoms with Crippen molar-refractivity contribution in [2.45, 2.75) is 26.2 Å². The van der Waals surface area contributed by atoms with Crippen LogP contribution in [0, 0.1) is 11.6 Å². The molecule has 0 bridgehead atoms. The summed E-state index contributed by atoms with van der Waals surface area (Å²) in [5.74, 6) is -0.578. The van der Waals surface area contributed by atoms with Crippen LogP contribution in [0.2, 0.25) is 0 Å². The van der Waals surface area contributed by atoms with Gasteiger partial charge in [-0.1, -0.05) is 67.9 Å². The van der Waals surface area contributed by atoms with Gasteiger partial charge >= 0.3 is 0 Å². The smallest absolute Gasteiger partial charge is 0.138 e. The zero-order chi connectivity index (χ0) is 18.1. The van der Waals surface area contributed by atoms with Crippen molar-refractivity contribution in [3.05, 3.63) is 83.9 Å². The second-order valence-electron chi connectivity index (χ2n) is 6.75. The number of hydrogen-bond donors (Lipinski definition) is 0. The fraction of sp³-hybridized carbons (Fsp3) is 0.167. The zero-order valence-electron chi connectivity index (χ0n) is 14.7. The van der Waals surface area contributed by atoms with Gasteiger partial charge in [-0.2, -0.15) is 0 Å². The molecule has 0 radical (unpaired) electrons. The Kier molecular flexibility index (Phi) is 4.42. The first kappa shape index (κ1) is 16.7. The van der Waals surface area contributed by atoms with E-state index in [1.807, 2.05) is 18.2 Å². The molecule has 2 heteroatoms. The van der Waals surface area contributed by atoms with Crippen LogP contribution in [0.25, 0.3) is 32.7 Å². The summed E-state index contributed by atoms with van der Waals surface area (Å²) in [5.41, 5.74) is 2.50. The molecule has 4 aromatic rings. The van der Waals surface area contributed by atoms with Gasteiger partial charge in [0.15, 0.2) is 0 Å². The summed E-state index contributed by atoms with van der Waals surface area (Å²) < 4.78 is 28.3. The van der Waals surface area contributed by atoms with E-state index in [0.717, 1.165) is 22.6 Å². The maximum atomic E-state index is 15.1. The van der Waals surface area contributed by atoms with Crippen molar-refractivity contribution in [2.75, 3.05) is 0 Å². The van der Waals surface area contributed by atoms with Gasteiger partial charge < -0.3 is 0 Å². The van der Waals surface area contributed by atoms with Crippen LogP contribution in [0.1, 0.15) is 25.3 Å². The highest BCUT2D eigenvalue weighted by atomic mass is 19.1. The van der Waals surface area contributed by atoms with Crippen molar-refractivity contribution in [3.8, 4) is 11.1 Å². The lowest BCUT2D eigenvalue weighted by atomic mass is 9.95. The summed E-state index contributed by atoms with van der Waals surface area (Å²) in [7, 11) is 0. The molecule has 0 aliphatic rings. The second kappa shape index (κ2) is 6.87. The van der Waals surface area contributed by atoms with E-state index in [9.17, 15) is 4.39 Å². The summed E-state index contributed by atoms with van der Waals surface area (Å²) in [5, 5.41) is 3.71. The van der Waals surface area contributed by atoms with E-state index in [0.29, 0.717) is 16.5 Å². The molecule has 0 aromatic heterocycles. The Hall–Kier alpha value is -2.74. The fourth-order valence-corrected chi connectivity index (χ4v) is 3.55. The van der Waals surface area contributed by atoms with Crippen molar-refractivity contribution < 1.29 is 8.78 Å². The second-order valence-corrected chi connectivity index (χ2v) is 6.75. The predicted molar refractivity (Wildman–Crippen MR) is 105 cm³/mol. The number of hydrogen-bond acceptors (Lipinski definition) is 0. The Morgan fingerprint density at radius 3 is 2.23 bits per heavy atom. The normalized spacial score (nSPS) is 11.3. The minimum atomic E-state index is -0.320. The molecule has 0 atom stereocenters. The molecule has 4 rings (SSSR count). The lowest BCUT2D eigenvalue weighted by Crippen LogP contribution is -1.90. The van der Waals surface area contributed by atoms with Gasteiger partial charge in [0.1, 0.15) is 11.6 Å². The van der Waals surface area contributed by atoms with Gasteiger partial charge in [0.05, 0.1) is 0 Å². The number of benzene rings is 4. The van der Waals surface area contributed by atoms with E-state index >= 15 is 4.39 Å². The number of rotatable bonds is 4. The standard InChI is InChI=1S/C24H20F2/c1-2-3-4-16-5-11-20-18(15-16)8-12-23-22(20)14-13-21(24(23)26)17-6-9-19(25)10-7-17/h5-15H,2-4H2,1H3. The zero-order valence-corrected chi connectivity index (χ0v) is 14.7. The van der Waals surface area contributed by atoms with Gasteiger partial charge in [0.2, 0.25) is 0 Å². The number of aryl methyl sites for hydroxylation is 1. The Balaban J connectivity index is 1.85. The van der Waals surface area contributed by atoms with Crippen molar-refractivity contribution in [2.24, 2.45) is 0 Å². The first-order chi connectivity index (χ1) is 12.7. The lowest BCUT2D eigenvalue weighted by Gasteiger charge is -2.10. The summed E-state index contributed by atoms with van der Waals surface area (Å²) in [6, 6.07) is 20.0. The molecule has 0 saturated heterocycles. The molecule has 0 aliphatic carbocycles. The molecule has 0 aliphatic heterocycles. The lowest BCUT2D eigenvalue weighted by molar-refractivity contribution is 0.627. The Labute approximate surface area is 152 Å². The molecule has 4 aromatic carbocycles. The molecule has 26 heavy (non-hydrogen) atoms. The van der Waals surface area contributed by atoms with Crippen LogP contribution in [0.5, 0.6) is 0 Å². The third-order valence-electron chi connectivity index (χ3n) is 4.99. The quantitative estimate of drug-likeness (QED) is 0.341. The maximum Gasteiger partial charge on any atom is 0.138 e. The third-order valence-corrected chi connectivity index (χ3v) is 4.99. The van der Waals surface area contributed by atoms with E-state index in [2.05, 4.69) is 25.1 Å². The predicted octanol–water partition coefficient (Wildman–Crippen LogP) is 7.28. The molecule has 0 N–H and O–H groups in total. The van der Waals surface area contributed by atoms with Crippen LogP contribution in [0.4, 0.5) is 8.78 Å². The van der Waals surface area contributed by atoms with E-state index in [4.69, 9.17) is 0 Å². The van der Waals surface area contributed by atoms with Crippen molar-refractivity contribution in [1.29, 1.82) is 0 Å². The van der Waals surface area contributed by atoms with Gasteiger partial charge in [0.25, 0.3) is 0 Å². The molecule has 130 valence electrons. The summed E-state index contributed by atoms with van der Waals surface area (Å²) in [6.07, 6.45) is 3.42. The van der Waals surface area contributed by atoms with Gasteiger partial charge in [-0.05, 0) is 52.3 Å². The highest BCUT2D eigenvalue weighted by Gasteiger charge is 2.11. The van der Waals surface area contributed by atoms with Crippen molar-refractivity contribution in [1.82, 2.24) is 0 Å². The molecule has 0 nitrogen and oxygen atoms in total. The molecular formula is C24H20F2. The van der Waals surface area contributed by atoms with E-state index in [1.54, 1.807) is 18.2 Å². The topological polar surface area (TPSA) is 0 Å². The summed E-state index contributed by atoms with van der Waals surface area (Å²) in [4.78, 5) is 0. The Morgan fingerprint density at radius 1 is 0.731 bits per heavy atom. The van der Waals surface area contributed by atoms with Crippen LogP contribution < -0.4 is 0 Å². The molecule has 0 amide bonds. The SMILES string of the molecule is CCCCc1ccc2c(ccc3c(F)c(-c4ccc(F)cc4)ccc32)c1. The van der Waals surface area contributed by atoms with Crippen LogP contribution in [-0.2, 0) is 6.42 Å². The number of fused-ring (bicyclic) bond motifs is 3. The minimum Gasteiger partial charge on any atom is -0.207 e. The van der Waals surface area contributed by atoms with Crippen molar-refractivity contribution in [3.63, 3.8) is 0 Å². The maximum absolute atomic E-state index is 15.1. The Morgan fingerprint density at radius 2 is 1.46 bits per heavy atom. The van der Waals surface area contributed by atoms with Crippen LogP contribution in [-0.4, -0.2) is 0 Å². The average Bonchev–Trinajstić information content (AvgIpc) is 2.67. The highest BCUT2D eigenvalue weighted by Crippen LogP contribution is 2.33. The number of halogens is 2. The van der Waals surface area contributed by atoms with Gasteiger partial charge in [0, 0.05) is 10.9 Å². The first-order valence-corrected chi connectivity index (χ1v) is 9.07. The average molecular weight is 346 g/mol. The van der Waals surface area contributed by atoms with E-state index in [1.165, 1.54) is 30.5 Å². The van der Waals surface area contributed by atoms with E-state index < -0.39 is 0 Å². The van der Waals surface area contributed by atoms with Crippen LogP contribution in [0.3, 0.4) is 0 Å². The van der Waals surface area contributed by atoms with Gasteiger partial charge in [-0.15, -0.1) is 0 Å². The first-order valence-electron chi connectivity index (χ1n) is 9.07. The Bertz CT molecular complexity index is 1080. The van der Waals surface area contributed by atoms with E-state index in [-0.39, 0.29) is 11.6 Å². The third kappa shape index (κ3) is 2.96. The largest absolute Gasteiger partial charge is 0.207 e. The molecule has 0 heterocycles. The summed E-state index contributed by atoms with van der Waals surface area (Å²) in [6.45, 7) is 2.19. The summed E-state index contributed by atoms with van der Waals surface area (Å²) >= 11 is 0. The fourth-order valence-electron chi connectivity index (χ4n) is 3.55. The van der Waals surface area contributed by atoms with Crippen molar-refractivity contribution >= 4 is 21.5 Å². The molecule has 0 spiro atoms. The molecule has 0 unspecified atom stereocenters. The van der Waals surface area contributed by atoms with Crippen LogP contribution >= 0.6 is 0 Å². The molecular weight excluding hydrogens is 326 g/mol. The molecule has 0 fully saturated rings. The monoisotopic (exact) mass is 346 g/mol. The molecule has 0 saturated carbocycles. The minimum absolute atomic E-state index is 0.258.